The molecule has 0 amide bonds. The van der Waals surface area contributed by atoms with Crippen molar-refractivity contribution in [2.45, 2.75) is 32.4 Å². The van der Waals surface area contributed by atoms with E-state index in [2.05, 4.69) is 11.0 Å². The monoisotopic (exact) mass is 244 g/mol. The Morgan fingerprint density at radius 2 is 2.07 bits per heavy atom. The van der Waals surface area contributed by atoms with Crippen LogP contribution in [0.3, 0.4) is 0 Å². The average molecular weight is 245 g/mol. The molecule has 1 aromatic heterocycles. The van der Waals surface area contributed by atoms with Crippen molar-refractivity contribution in [1.82, 2.24) is 4.90 Å². The number of nitrogens with two attached hydrogens (primary N) is 1. The van der Waals surface area contributed by atoms with Crippen LogP contribution in [0.2, 0.25) is 4.34 Å². The molecular formula is C11H17ClN2S. The molecule has 0 unspecified atom stereocenters. The zero-order chi connectivity index (χ0) is 10.7. The van der Waals surface area contributed by atoms with E-state index in [4.69, 9.17) is 17.3 Å². The standard InChI is InChI=1S/C11H17ClN2S/c12-11-9(6-10(7-13)15-11)8-14-4-2-1-3-5-14/h6H,1-5,7-8,13H2. The lowest BCUT2D eigenvalue weighted by molar-refractivity contribution is 0.221. The summed E-state index contributed by atoms with van der Waals surface area (Å²) in [6, 6.07) is 2.15. The number of nitrogens with zero attached hydrogens (tertiary/aromatic N) is 1. The van der Waals surface area contributed by atoms with Gasteiger partial charge in [-0.25, -0.2) is 0 Å². The zero-order valence-corrected chi connectivity index (χ0v) is 10.4. The summed E-state index contributed by atoms with van der Waals surface area (Å²) in [7, 11) is 0. The Hall–Kier alpha value is -0.0900. The normalized spacial score (nSPS) is 18.3. The Bertz CT molecular complexity index is 318. The van der Waals surface area contributed by atoms with Crippen LogP contribution in [0.5, 0.6) is 0 Å². The molecule has 1 saturated heterocycles. The predicted molar refractivity (Wildman–Crippen MR) is 66.3 cm³/mol. The molecule has 1 fully saturated rings. The summed E-state index contributed by atoms with van der Waals surface area (Å²) in [5, 5.41) is 0. The Morgan fingerprint density at radius 3 is 2.67 bits per heavy atom. The highest BCUT2D eigenvalue weighted by Crippen LogP contribution is 2.29. The van der Waals surface area contributed by atoms with Crippen molar-refractivity contribution < 1.29 is 0 Å². The van der Waals surface area contributed by atoms with Crippen LogP contribution in [0.15, 0.2) is 6.07 Å². The van der Waals surface area contributed by atoms with Crippen molar-refractivity contribution in [2.75, 3.05) is 13.1 Å². The number of thiophene rings is 1. The Kier molecular flexibility index (Phi) is 4.03. The van der Waals surface area contributed by atoms with E-state index in [9.17, 15) is 0 Å². The van der Waals surface area contributed by atoms with Gasteiger partial charge in [-0.05, 0) is 37.6 Å². The molecule has 0 saturated carbocycles. The summed E-state index contributed by atoms with van der Waals surface area (Å²) in [6.07, 6.45) is 4.03. The van der Waals surface area contributed by atoms with Gasteiger partial charge in [0.05, 0.1) is 4.34 Å². The van der Waals surface area contributed by atoms with Gasteiger partial charge >= 0.3 is 0 Å². The van der Waals surface area contributed by atoms with Crippen molar-refractivity contribution in [3.05, 3.63) is 20.8 Å². The molecule has 2 nitrogen and oxygen atoms in total. The minimum Gasteiger partial charge on any atom is -0.326 e. The van der Waals surface area contributed by atoms with E-state index < -0.39 is 0 Å². The number of hydrogen-bond acceptors (Lipinski definition) is 3. The van der Waals surface area contributed by atoms with Gasteiger partial charge in [0.1, 0.15) is 0 Å². The van der Waals surface area contributed by atoms with E-state index >= 15 is 0 Å². The summed E-state index contributed by atoms with van der Waals surface area (Å²) in [4.78, 5) is 3.67. The molecule has 0 aliphatic carbocycles. The summed E-state index contributed by atoms with van der Waals surface area (Å²) >= 11 is 7.80. The van der Waals surface area contributed by atoms with Crippen LogP contribution >= 0.6 is 22.9 Å². The van der Waals surface area contributed by atoms with Crippen LogP contribution < -0.4 is 5.73 Å². The fraction of sp³-hybridized carbons (Fsp3) is 0.636. The van der Waals surface area contributed by atoms with Gasteiger partial charge in [-0.3, -0.25) is 4.90 Å². The highest BCUT2D eigenvalue weighted by atomic mass is 35.5. The van der Waals surface area contributed by atoms with Gasteiger partial charge < -0.3 is 5.73 Å². The Labute approximate surface area is 100 Å². The molecule has 4 heteroatoms. The highest BCUT2D eigenvalue weighted by molar-refractivity contribution is 7.16. The fourth-order valence-corrected chi connectivity index (χ4v) is 3.21. The summed E-state index contributed by atoms with van der Waals surface area (Å²) in [6.45, 7) is 4.02. The van der Waals surface area contributed by atoms with Gasteiger partial charge in [0.15, 0.2) is 0 Å². The lowest BCUT2D eigenvalue weighted by atomic mass is 10.1. The highest BCUT2D eigenvalue weighted by Gasteiger charge is 2.13. The third-order valence-corrected chi connectivity index (χ3v) is 4.31. The Morgan fingerprint density at radius 1 is 1.33 bits per heavy atom. The molecule has 0 aromatic carbocycles. The Balaban J connectivity index is 1.99. The minimum absolute atomic E-state index is 0.602. The van der Waals surface area contributed by atoms with Crippen molar-refractivity contribution in [2.24, 2.45) is 5.73 Å². The maximum atomic E-state index is 6.18. The second kappa shape index (κ2) is 5.30. The van der Waals surface area contributed by atoms with E-state index in [0.717, 1.165) is 10.9 Å². The molecule has 1 aliphatic heterocycles. The quantitative estimate of drug-likeness (QED) is 0.886. The molecule has 0 bridgehead atoms. The van der Waals surface area contributed by atoms with Crippen molar-refractivity contribution in [3.63, 3.8) is 0 Å². The van der Waals surface area contributed by atoms with Gasteiger partial charge in [-0.1, -0.05) is 18.0 Å². The van der Waals surface area contributed by atoms with E-state index in [1.165, 1.54) is 42.8 Å². The molecule has 1 aliphatic rings. The molecule has 1 aromatic rings. The molecule has 0 atom stereocenters. The van der Waals surface area contributed by atoms with Gasteiger partial charge in [0.2, 0.25) is 0 Å². The van der Waals surface area contributed by atoms with E-state index in [-0.39, 0.29) is 0 Å². The van der Waals surface area contributed by atoms with Crippen molar-refractivity contribution in [1.29, 1.82) is 0 Å². The topological polar surface area (TPSA) is 29.3 Å². The molecule has 2 heterocycles. The molecule has 2 N–H and O–H groups in total. The number of rotatable bonds is 3. The first-order chi connectivity index (χ1) is 7.29. The smallest absolute Gasteiger partial charge is 0.0976 e. The number of likely N-dealkylation sites (tertiary alicyclic amines) is 1. The van der Waals surface area contributed by atoms with E-state index in [0.29, 0.717) is 6.54 Å². The number of halogens is 1. The second-order valence-electron chi connectivity index (χ2n) is 4.05. The predicted octanol–water partition coefficient (Wildman–Crippen LogP) is 2.85. The van der Waals surface area contributed by atoms with Gasteiger partial charge in [0, 0.05) is 18.0 Å². The largest absolute Gasteiger partial charge is 0.326 e. The molecule has 15 heavy (non-hydrogen) atoms. The molecule has 0 spiro atoms. The first-order valence-electron chi connectivity index (χ1n) is 5.49. The summed E-state index contributed by atoms with van der Waals surface area (Å²) < 4.78 is 0.918. The van der Waals surface area contributed by atoms with Gasteiger partial charge in [-0.15, -0.1) is 11.3 Å². The van der Waals surface area contributed by atoms with Crippen molar-refractivity contribution in [3.8, 4) is 0 Å². The van der Waals surface area contributed by atoms with E-state index in [1.807, 2.05) is 0 Å². The summed E-state index contributed by atoms with van der Waals surface area (Å²) in [5.74, 6) is 0. The molecule has 2 rings (SSSR count). The lowest BCUT2D eigenvalue weighted by Crippen LogP contribution is -2.28. The van der Waals surface area contributed by atoms with Crippen LogP contribution in [0.25, 0.3) is 0 Å². The zero-order valence-electron chi connectivity index (χ0n) is 8.84. The minimum atomic E-state index is 0.602. The third kappa shape index (κ3) is 2.94. The van der Waals surface area contributed by atoms with Crippen LogP contribution in [0, 0.1) is 0 Å². The molecule has 0 radical (unpaired) electrons. The van der Waals surface area contributed by atoms with Crippen LogP contribution in [0.4, 0.5) is 0 Å². The van der Waals surface area contributed by atoms with Crippen LogP contribution in [-0.4, -0.2) is 18.0 Å². The van der Waals surface area contributed by atoms with Crippen LogP contribution in [-0.2, 0) is 13.1 Å². The SMILES string of the molecule is NCc1cc(CN2CCCCC2)c(Cl)s1. The second-order valence-corrected chi connectivity index (χ2v) is 5.79. The number of hydrogen-bond donors (Lipinski definition) is 1. The van der Waals surface area contributed by atoms with Gasteiger partial charge in [0.25, 0.3) is 0 Å². The third-order valence-electron chi connectivity index (χ3n) is 2.85. The average Bonchev–Trinajstić information content (AvgIpc) is 2.61. The first-order valence-corrected chi connectivity index (χ1v) is 6.68. The maximum Gasteiger partial charge on any atom is 0.0976 e. The van der Waals surface area contributed by atoms with Gasteiger partial charge in [-0.2, -0.15) is 0 Å². The fourth-order valence-electron chi connectivity index (χ4n) is 2.03. The molecule has 84 valence electrons. The van der Waals surface area contributed by atoms with Crippen LogP contribution in [0.1, 0.15) is 29.7 Å². The first kappa shape index (κ1) is 11.4. The lowest BCUT2D eigenvalue weighted by Gasteiger charge is -2.26. The maximum absolute atomic E-state index is 6.18. The molecular weight excluding hydrogens is 228 g/mol. The van der Waals surface area contributed by atoms with E-state index in [1.54, 1.807) is 11.3 Å². The summed E-state index contributed by atoms with van der Waals surface area (Å²) in [5.41, 5.74) is 6.86. The van der Waals surface area contributed by atoms with Crippen molar-refractivity contribution >= 4 is 22.9 Å². The number of piperidine rings is 1.